The Kier molecular flexibility index (Phi) is 4.45. The SMILES string of the molecule is CC(=O)O[C@]1(C(C)=O)CC[C@H]2[C@@H]3C=CC4=C[C@](O)(Cl)CC[C@]4(C)[C@H]3CC[C@@]21C. The number of ketones is 1. The van der Waals surface area contributed by atoms with Gasteiger partial charge >= 0.3 is 5.97 Å². The molecule has 5 heteroatoms. The minimum atomic E-state index is -1.25. The lowest BCUT2D eigenvalue weighted by Gasteiger charge is -2.57. The van der Waals surface area contributed by atoms with E-state index in [4.69, 9.17) is 16.3 Å². The van der Waals surface area contributed by atoms with Crippen LogP contribution in [-0.2, 0) is 14.3 Å². The quantitative estimate of drug-likeness (QED) is 0.540. The van der Waals surface area contributed by atoms with Crippen LogP contribution in [0.2, 0.25) is 0 Å². The molecule has 0 spiro atoms. The predicted octanol–water partition coefficient (Wildman–Crippen LogP) is 4.54. The first-order valence-electron chi connectivity index (χ1n) is 10.5. The van der Waals surface area contributed by atoms with Crippen LogP contribution in [0.1, 0.15) is 66.2 Å². The van der Waals surface area contributed by atoms with Crippen LogP contribution in [0.5, 0.6) is 0 Å². The Balaban J connectivity index is 1.74. The minimum absolute atomic E-state index is 0.00915. The number of esters is 1. The molecule has 0 saturated heterocycles. The van der Waals surface area contributed by atoms with Gasteiger partial charge in [-0.2, -0.15) is 0 Å². The Morgan fingerprint density at radius 3 is 2.43 bits per heavy atom. The van der Waals surface area contributed by atoms with E-state index in [1.807, 2.05) is 6.08 Å². The summed E-state index contributed by atoms with van der Waals surface area (Å²) in [6, 6.07) is 0. The summed E-state index contributed by atoms with van der Waals surface area (Å²) < 4.78 is 5.80. The molecule has 0 heterocycles. The fourth-order valence-corrected chi connectivity index (χ4v) is 7.39. The molecular weight excluding hydrogens is 376 g/mol. The van der Waals surface area contributed by atoms with Crippen molar-refractivity contribution >= 4 is 23.4 Å². The number of allylic oxidation sites excluding steroid dienone is 3. The van der Waals surface area contributed by atoms with Gasteiger partial charge in [-0.25, -0.2) is 0 Å². The molecule has 0 aromatic rings. The fraction of sp³-hybridized carbons (Fsp3) is 0.739. The summed E-state index contributed by atoms with van der Waals surface area (Å²) in [5.74, 6) is 0.710. The molecule has 2 saturated carbocycles. The maximum absolute atomic E-state index is 12.7. The second-order valence-corrected chi connectivity index (χ2v) is 10.6. The highest BCUT2D eigenvalue weighted by Crippen LogP contribution is 2.67. The monoisotopic (exact) mass is 406 g/mol. The van der Waals surface area contributed by atoms with Crippen molar-refractivity contribution in [1.29, 1.82) is 0 Å². The summed E-state index contributed by atoms with van der Waals surface area (Å²) in [7, 11) is 0. The van der Waals surface area contributed by atoms with E-state index in [1.165, 1.54) is 6.92 Å². The van der Waals surface area contributed by atoms with Crippen molar-refractivity contribution in [2.45, 2.75) is 76.9 Å². The number of ether oxygens (including phenoxy) is 1. The molecule has 2 fully saturated rings. The van der Waals surface area contributed by atoms with E-state index in [0.717, 1.165) is 31.3 Å². The summed E-state index contributed by atoms with van der Waals surface area (Å²) >= 11 is 6.22. The van der Waals surface area contributed by atoms with Crippen LogP contribution in [0, 0.1) is 28.6 Å². The van der Waals surface area contributed by atoms with Gasteiger partial charge in [-0.1, -0.05) is 37.6 Å². The summed E-state index contributed by atoms with van der Waals surface area (Å²) in [6.45, 7) is 7.43. The molecule has 4 rings (SSSR count). The average molecular weight is 407 g/mol. The molecule has 4 aliphatic carbocycles. The Bertz CT molecular complexity index is 783. The van der Waals surface area contributed by atoms with Gasteiger partial charge in [0.2, 0.25) is 0 Å². The number of Topliss-reactive ketones (excluding diaryl/α,β-unsaturated/α-hetero) is 1. The molecule has 0 radical (unpaired) electrons. The molecular formula is C23H31ClO4. The van der Waals surface area contributed by atoms with Crippen LogP contribution in [0.3, 0.4) is 0 Å². The van der Waals surface area contributed by atoms with Crippen molar-refractivity contribution in [3.63, 3.8) is 0 Å². The number of aliphatic hydroxyl groups is 1. The Morgan fingerprint density at radius 2 is 1.79 bits per heavy atom. The number of hydrogen-bond acceptors (Lipinski definition) is 4. The van der Waals surface area contributed by atoms with Crippen molar-refractivity contribution in [3.8, 4) is 0 Å². The summed E-state index contributed by atoms with van der Waals surface area (Å²) in [5, 5.41) is 9.05. The summed E-state index contributed by atoms with van der Waals surface area (Å²) in [6.07, 6.45) is 11.0. The Morgan fingerprint density at radius 1 is 1.11 bits per heavy atom. The van der Waals surface area contributed by atoms with Crippen LogP contribution < -0.4 is 0 Å². The number of carbonyl (C=O) groups is 2. The van der Waals surface area contributed by atoms with E-state index in [-0.39, 0.29) is 22.6 Å². The first-order chi connectivity index (χ1) is 13.0. The molecule has 154 valence electrons. The molecule has 28 heavy (non-hydrogen) atoms. The topological polar surface area (TPSA) is 63.6 Å². The van der Waals surface area contributed by atoms with Crippen LogP contribution in [0.25, 0.3) is 0 Å². The normalized spacial score (nSPS) is 49.5. The van der Waals surface area contributed by atoms with Crippen molar-refractivity contribution in [2.24, 2.45) is 28.6 Å². The van der Waals surface area contributed by atoms with Crippen molar-refractivity contribution in [1.82, 2.24) is 0 Å². The highest BCUT2D eigenvalue weighted by atomic mass is 35.5. The molecule has 0 unspecified atom stereocenters. The first-order valence-corrected chi connectivity index (χ1v) is 10.9. The molecule has 1 N–H and O–H groups in total. The number of hydrogen-bond donors (Lipinski definition) is 1. The van der Waals surface area contributed by atoms with E-state index < -0.39 is 10.7 Å². The van der Waals surface area contributed by atoms with Gasteiger partial charge in [0, 0.05) is 12.3 Å². The second kappa shape index (κ2) is 6.18. The van der Waals surface area contributed by atoms with Gasteiger partial charge in [0.1, 0.15) is 0 Å². The van der Waals surface area contributed by atoms with Crippen LogP contribution >= 0.6 is 11.6 Å². The largest absolute Gasteiger partial charge is 0.451 e. The van der Waals surface area contributed by atoms with Gasteiger partial charge in [-0.05, 0) is 80.3 Å². The van der Waals surface area contributed by atoms with E-state index in [0.29, 0.717) is 30.6 Å². The lowest BCUT2D eigenvalue weighted by molar-refractivity contribution is -0.185. The molecule has 0 bridgehead atoms. The van der Waals surface area contributed by atoms with E-state index in [9.17, 15) is 14.7 Å². The Hall–Kier alpha value is -1.13. The molecule has 0 aromatic carbocycles. The highest BCUT2D eigenvalue weighted by Gasteiger charge is 2.67. The van der Waals surface area contributed by atoms with Gasteiger partial charge < -0.3 is 9.84 Å². The summed E-state index contributed by atoms with van der Waals surface area (Å²) in [4.78, 5) is 24.6. The number of halogens is 1. The van der Waals surface area contributed by atoms with Gasteiger partial charge in [0.05, 0.1) is 0 Å². The van der Waals surface area contributed by atoms with Crippen LogP contribution in [0.4, 0.5) is 0 Å². The number of fused-ring (bicyclic) bond motifs is 5. The van der Waals surface area contributed by atoms with Gasteiger partial charge in [0.15, 0.2) is 16.4 Å². The number of alkyl halides is 1. The molecule has 0 amide bonds. The van der Waals surface area contributed by atoms with E-state index >= 15 is 0 Å². The predicted molar refractivity (Wildman–Crippen MR) is 108 cm³/mol. The fourth-order valence-electron chi connectivity index (χ4n) is 7.18. The second-order valence-electron chi connectivity index (χ2n) is 9.96. The number of rotatable bonds is 2. The molecule has 7 atom stereocenters. The highest BCUT2D eigenvalue weighted by molar-refractivity contribution is 6.24. The molecule has 4 aliphatic rings. The third-order valence-corrected chi connectivity index (χ3v) is 8.98. The first kappa shape index (κ1) is 20.2. The molecule has 0 aromatic heterocycles. The zero-order valence-electron chi connectivity index (χ0n) is 17.3. The maximum Gasteiger partial charge on any atom is 0.303 e. The lowest BCUT2D eigenvalue weighted by atomic mass is 9.48. The standard InChI is InChI=1S/C23H31ClO4/c1-14(25)23(28-15(2)26)10-8-19-17-6-5-16-13-22(24,27)12-11-20(16,3)18(17)7-9-21(19,23)4/h5-6,13,17-19,27H,7-12H2,1-4H3/t17-,18+,19+,20+,21+,22+,23+/m1/s1. The van der Waals surface area contributed by atoms with Crippen molar-refractivity contribution in [2.75, 3.05) is 0 Å². The van der Waals surface area contributed by atoms with Gasteiger partial charge in [-0.3, -0.25) is 9.59 Å². The smallest absolute Gasteiger partial charge is 0.303 e. The average Bonchev–Trinajstić information content (AvgIpc) is 2.88. The summed E-state index contributed by atoms with van der Waals surface area (Å²) in [5.41, 5.74) is -0.209. The van der Waals surface area contributed by atoms with Gasteiger partial charge in [-0.15, -0.1) is 0 Å². The minimum Gasteiger partial charge on any atom is -0.451 e. The zero-order valence-corrected chi connectivity index (χ0v) is 18.0. The van der Waals surface area contributed by atoms with Crippen molar-refractivity contribution < 1.29 is 19.4 Å². The van der Waals surface area contributed by atoms with E-state index in [2.05, 4.69) is 26.0 Å². The maximum atomic E-state index is 12.7. The lowest BCUT2D eigenvalue weighted by Crippen LogP contribution is -2.58. The third-order valence-electron chi connectivity index (χ3n) is 8.69. The van der Waals surface area contributed by atoms with Crippen LogP contribution in [-0.4, -0.2) is 27.5 Å². The number of carbonyl (C=O) groups excluding carboxylic acids is 2. The molecule has 4 nitrogen and oxygen atoms in total. The van der Waals surface area contributed by atoms with Crippen LogP contribution in [0.15, 0.2) is 23.8 Å². The Labute approximate surface area is 172 Å². The van der Waals surface area contributed by atoms with Gasteiger partial charge in [0.25, 0.3) is 0 Å². The van der Waals surface area contributed by atoms with Crippen molar-refractivity contribution in [3.05, 3.63) is 23.8 Å². The zero-order chi connectivity index (χ0) is 20.5. The van der Waals surface area contributed by atoms with E-state index in [1.54, 1.807) is 6.92 Å². The molecule has 0 aliphatic heterocycles. The third kappa shape index (κ3) is 2.60.